The normalized spacial score (nSPS) is 29.3. The maximum atomic E-state index is 12.0. The van der Waals surface area contributed by atoms with E-state index in [9.17, 15) is 19.8 Å². The minimum atomic E-state index is -1.44. The number of fused-ring (bicyclic) bond motifs is 1. The van der Waals surface area contributed by atoms with Gasteiger partial charge in [-0.25, -0.2) is 0 Å². The first-order valence-corrected chi connectivity index (χ1v) is 6.79. The number of H-pyrrole nitrogens is 1. The molecule has 0 aliphatic carbocycles. The molecule has 2 aromatic heterocycles. The number of hydrogen-bond acceptors (Lipinski definition) is 9. The van der Waals surface area contributed by atoms with Gasteiger partial charge in [0.15, 0.2) is 11.9 Å². The maximum absolute atomic E-state index is 12.0. The monoisotopic (exact) mass is 316 g/mol. The molecule has 0 saturated carbocycles. The third-order valence-corrected chi connectivity index (χ3v) is 4.21. The van der Waals surface area contributed by atoms with E-state index in [0.29, 0.717) is 11.3 Å². The Morgan fingerprint density at radius 3 is 2.71 bits per heavy atom. The summed E-state index contributed by atoms with van der Waals surface area (Å²) in [4.78, 5) is 29.3. The topological polar surface area (TPSA) is 164 Å². The van der Waals surface area contributed by atoms with E-state index in [4.69, 9.17) is 15.6 Å². The Bertz CT molecular complexity index is 797. The van der Waals surface area contributed by atoms with Crippen LogP contribution in [0.25, 0.3) is 10.3 Å². The van der Waals surface area contributed by atoms with E-state index in [1.165, 1.54) is 0 Å². The number of nitrogen functional groups attached to an aromatic ring is 1. The first-order chi connectivity index (χ1) is 9.93. The summed E-state index contributed by atoms with van der Waals surface area (Å²) in [6.07, 6.45) is -5.10. The van der Waals surface area contributed by atoms with Gasteiger partial charge in [-0.15, -0.1) is 0 Å². The smallest absolute Gasteiger partial charge is 0.311 e. The van der Waals surface area contributed by atoms with Crippen LogP contribution in [0.5, 0.6) is 0 Å². The average molecular weight is 316 g/mol. The fourth-order valence-electron chi connectivity index (χ4n) is 2.26. The Morgan fingerprint density at radius 1 is 1.38 bits per heavy atom. The highest BCUT2D eigenvalue weighted by Crippen LogP contribution is 2.30. The molecule has 3 heterocycles. The van der Waals surface area contributed by atoms with E-state index in [1.807, 2.05) is 0 Å². The zero-order valence-corrected chi connectivity index (χ0v) is 11.3. The van der Waals surface area contributed by atoms with Gasteiger partial charge >= 0.3 is 4.87 Å². The number of nitrogens with two attached hydrogens (primary N) is 1. The minimum Gasteiger partial charge on any atom is -0.394 e. The van der Waals surface area contributed by atoms with E-state index < -0.39 is 41.6 Å². The lowest BCUT2D eigenvalue weighted by Gasteiger charge is -2.15. The van der Waals surface area contributed by atoms with Gasteiger partial charge in [-0.05, 0) is 0 Å². The molecular formula is C10H12N4O6S. The summed E-state index contributed by atoms with van der Waals surface area (Å²) >= 11 is 0.623. The maximum Gasteiger partial charge on any atom is 0.311 e. The van der Waals surface area contributed by atoms with Crippen molar-refractivity contribution in [3.8, 4) is 0 Å². The van der Waals surface area contributed by atoms with Gasteiger partial charge in [-0.3, -0.25) is 19.1 Å². The number of anilines is 1. The molecule has 0 bridgehead atoms. The number of thiazole rings is 1. The molecule has 21 heavy (non-hydrogen) atoms. The number of aromatic nitrogens is 3. The molecule has 4 atom stereocenters. The van der Waals surface area contributed by atoms with Gasteiger partial charge < -0.3 is 25.8 Å². The van der Waals surface area contributed by atoms with Crippen molar-refractivity contribution in [2.75, 3.05) is 12.3 Å². The zero-order chi connectivity index (χ0) is 15.3. The Hall–Kier alpha value is -1.79. The number of nitrogens with one attached hydrogen (secondary N) is 1. The summed E-state index contributed by atoms with van der Waals surface area (Å²) in [5.41, 5.74) is 4.83. The Balaban J connectivity index is 2.20. The predicted octanol–water partition coefficient (Wildman–Crippen LogP) is -2.66. The SMILES string of the molecule is Nc1nc2c(sc(=O)n2[C@@H]2O[C@H](CO)C(O)[C@@H]2O)c(=O)[nH]1. The number of rotatable bonds is 2. The minimum absolute atomic E-state index is 0.0342. The van der Waals surface area contributed by atoms with Crippen molar-refractivity contribution in [3.05, 3.63) is 20.0 Å². The number of nitrogens with zero attached hydrogens (tertiary/aromatic N) is 2. The van der Waals surface area contributed by atoms with Crippen LogP contribution in [-0.4, -0.2) is 54.8 Å². The van der Waals surface area contributed by atoms with E-state index in [0.717, 1.165) is 4.57 Å². The molecule has 0 aromatic carbocycles. The number of hydrogen-bond donors (Lipinski definition) is 5. The van der Waals surface area contributed by atoms with Crippen LogP contribution >= 0.6 is 11.3 Å². The molecule has 1 aliphatic heterocycles. The van der Waals surface area contributed by atoms with Crippen molar-refractivity contribution >= 4 is 27.6 Å². The molecule has 114 valence electrons. The summed E-state index contributed by atoms with van der Waals surface area (Å²) in [7, 11) is 0. The zero-order valence-electron chi connectivity index (χ0n) is 10.5. The highest BCUT2D eigenvalue weighted by Gasteiger charge is 2.44. The van der Waals surface area contributed by atoms with Crippen LogP contribution < -0.4 is 16.2 Å². The molecule has 1 aliphatic rings. The van der Waals surface area contributed by atoms with Crippen LogP contribution in [0.4, 0.5) is 5.95 Å². The summed E-state index contributed by atoms with van der Waals surface area (Å²) in [6.45, 7) is -0.526. The van der Waals surface area contributed by atoms with Crippen molar-refractivity contribution in [1.29, 1.82) is 0 Å². The molecule has 1 saturated heterocycles. The number of ether oxygens (including phenoxy) is 1. The van der Waals surface area contributed by atoms with Gasteiger partial charge in [0, 0.05) is 0 Å². The van der Waals surface area contributed by atoms with Crippen LogP contribution in [0.3, 0.4) is 0 Å². The van der Waals surface area contributed by atoms with Crippen LogP contribution in [0, 0.1) is 0 Å². The number of aromatic amines is 1. The van der Waals surface area contributed by atoms with Crippen molar-refractivity contribution in [2.24, 2.45) is 0 Å². The molecule has 1 fully saturated rings. The second kappa shape index (κ2) is 4.89. The van der Waals surface area contributed by atoms with Gasteiger partial charge in [0.2, 0.25) is 5.95 Å². The Morgan fingerprint density at radius 2 is 2.10 bits per heavy atom. The number of aliphatic hydroxyl groups excluding tert-OH is 3. The standard InChI is InChI=1S/C10H12N4O6S/c11-9-12-6-5(7(18)13-9)21-10(19)14(6)8-4(17)3(16)2(1-15)20-8/h2-4,8,15-17H,1H2,(H3,11,12,13,18)/t2-,3?,4+,8-/m1/s1. The average Bonchev–Trinajstić information content (AvgIpc) is 2.89. The molecule has 6 N–H and O–H groups in total. The lowest BCUT2D eigenvalue weighted by atomic mass is 10.1. The molecular weight excluding hydrogens is 304 g/mol. The summed E-state index contributed by atoms with van der Waals surface area (Å²) in [6, 6.07) is 0. The van der Waals surface area contributed by atoms with Gasteiger partial charge in [0.05, 0.1) is 6.61 Å². The van der Waals surface area contributed by atoms with Crippen LogP contribution in [0.1, 0.15) is 6.23 Å². The first kappa shape index (κ1) is 14.2. The molecule has 0 amide bonds. The van der Waals surface area contributed by atoms with Crippen molar-refractivity contribution in [1.82, 2.24) is 14.5 Å². The van der Waals surface area contributed by atoms with Gasteiger partial charge in [-0.2, -0.15) is 4.98 Å². The summed E-state index contributed by atoms with van der Waals surface area (Å²) in [5.74, 6) is -0.189. The number of aliphatic hydroxyl groups is 3. The Labute approximate surface area is 120 Å². The highest BCUT2D eigenvalue weighted by molar-refractivity contribution is 7.16. The van der Waals surface area contributed by atoms with Gasteiger partial charge in [0.25, 0.3) is 5.56 Å². The summed E-state index contributed by atoms with van der Waals surface area (Å²) in [5, 5.41) is 28.8. The molecule has 0 radical (unpaired) electrons. The Kier molecular flexibility index (Phi) is 3.30. The molecule has 3 rings (SSSR count). The summed E-state index contributed by atoms with van der Waals surface area (Å²) < 4.78 is 6.26. The van der Waals surface area contributed by atoms with E-state index in [2.05, 4.69) is 9.97 Å². The van der Waals surface area contributed by atoms with Gasteiger partial charge in [0.1, 0.15) is 23.0 Å². The van der Waals surface area contributed by atoms with E-state index >= 15 is 0 Å². The second-order valence-corrected chi connectivity index (χ2v) is 5.53. The third-order valence-electron chi connectivity index (χ3n) is 3.26. The van der Waals surface area contributed by atoms with Crippen LogP contribution in [0.2, 0.25) is 0 Å². The second-order valence-electron chi connectivity index (χ2n) is 4.57. The van der Waals surface area contributed by atoms with Crippen molar-refractivity contribution < 1.29 is 20.1 Å². The van der Waals surface area contributed by atoms with Crippen LogP contribution in [-0.2, 0) is 4.74 Å². The molecule has 11 heteroatoms. The fourth-order valence-corrected chi connectivity index (χ4v) is 3.11. The largest absolute Gasteiger partial charge is 0.394 e. The molecule has 1 unspecified atom stereocenters. The third kappa shape index (κ3) is 2.06. The fraction of sp³-hybridized carbons (Fsp3) is 0.500. The first-order valence-electron chi connectivity index (χ1n) is 5.97. The van der Waals surface area contributed by atoms with E-state index in [-0.39, 0.29) is 16.3 Å². The van der Waals surface area contributed by atoms with Crippen LogP contribution in [0.15, 0.2) is 9.59 Å². The van der Waals surface area contributed by atoms with Crippen molar-refractivity contribution in [3.63, 3.8) is 0 Å². The lowest BCUT2D eigenvalue weighted by molar-refractivity contribution is -0.0518. The van der Waals surface area contributed by atoms with E-state index in [1.54, 1.807) is 0 Å². The highest BCUT2D eigenvalue weighted by atomic mass is 32.1. The predicted molar refractivity (Wildman–Crippen MR) is 71.9 cm³/mol. The quantitative estimate of drug-likeness (QED) is 0.400. The molecule has 10 nitrogen and oxygen atoms in total. The molecule has 0 spiro atoms. The van der Waals surface area contributed by atoms with Crippen molar-refractivity contribution in [2.45, 2.75) is 24.5 Å². The lowest BCUT2D eigenvalue weighted by Crippen LogP contribution is -2.34. The van der Waals surface area contributed by atoms with Gasteiger partial charge in [-0.1, -0.05) is 11.3 Å². The molecule has 2 aromatic rings.